The van der Waals surface area contributed by atoms with E-state index in [-0.39, 0.29) is 35.5 Å². The lowest BCUT2D eigenvalue weighted by Gasteiger charge is -2.38. The van der Waals surface area contributed by atoms with E-state index in [9.17, 15) is 9.59 Å². The number of nitrogens with zero attached hydrogens (tertiary/aromatic N) is 2. The quantitative estimate of drug-likeness (QED) is 0.607. The highest BCUT2D eigenvalue weighted by molar-refractivity contribution is 6.05. The van der Waals surface area contributed by atoms with Gasteiger partial charge in [-0.1, -0.05) is 18.2 Å². The third kappa shape index (κ3) is 1.57. The average molecular weight is 268 g/mol. The van der Waals surface area contributed by atoms with Gasteiger partial charge in [-0.05, 0) is 36.3 Å². The minimum absolute atomic E-state index is 0.0166. The Kier molecular flexibility index (Phi) is 2.52. The Morgan fingerprint density at radius 2 is 1.75 bits per heavy atom. The molecule has 1 aromatic rings. The van der Waals surface area contributed by atoms with Gasteiger partial charge in [0.05, 0.1) is 18.4 Å². The molecule has 2 fully saturated rings. The number of imide groups is 1. The Balaban J connectivity index is 1.64. The van der Waals surface area contributed by atoms with Gasteiger partial charge in [-0.2, -0.15) is 0 Å². The van der Waals surface area contributed by atoms with Crippen LogP contribution in [0.25, 0.3) is 0 Å². The lowest BCUT2D eigenvalue weighted by Crippen LogP contribution is -2.38. The Morgan fingerprint density at radius 3 is 2.25 bits per heavy atom. The Bertz CT molecular complexity index is 564. The summed E-state index contributed by atoms with van der Waals surface area (Å²) in [6, 6.07) is 3.74. The molecular weight excluding hydrogens is 252 g/mol. The van der Waals surface area contributed by atoms with Crippen LogP contribution < -0.4 is 0 Å². The summed E-state index contributed by atoms with van der Waals surface area (Å²) in [6.45, 7) is 0.359. The van der Waals surface area contributed by atoms with Crippen molar-refractivity contribution in [2.75, 3.05) is 0 Å². The number of aromatic nitrogens is 1. The molecule has 3 aliphatic carbocycles. The predicted octanol–water partition coefficient (Wildman–Crippen LogP) is 1.78. The number of fused-ring (bicyclic) bond motifs is 1. The molecule has 4 aliphatic rings. The first kappa shape index (κ1) is 11.8. The maximum atomic E-state index is 12.6. The van der Waals surface area contributed by atoms with E-state index in [0.717, 1.165) is 18.4 Å². The fraction of sp³-hybridized carbons (Fsp3) is 0.438. The average Bonchev–Trinajstić information content (AvgIpc) is 2.77. The Labute approximate surface area is 117 Å². The molecule has 1 saturated carbocycles. The topological polar surface area (TPSA) is 50.3 Å². The van der Waals surface area contributed by atoms with Crippen LogP contribution in [-0.4, -0.2) is 21.7 Å². The molecule has 0 spiro atoms. The second-order valence-electron chi connectivity index (χ2n) is 5.97. The summed E-state index contributed by atoms with van der Waals surface area (Å²) in [6.07, 6.45) is 9.79. The predicted molar refractivity (Wildman–Crippen MR) is 72.1 cm³/mol. The number of hydrogen-bond donors (Lipinski definition) is 0. The second-order valence-corrected chi connectivity index (χ2v) is 5.97. The summed E-state index contributed by atoms with van der Waals surface area (Å²) in [5, 5.41) is 0. The minimum Gasteiger partial charge on any atom is -0.278 e. The molecule has 0 aromatic carbocycles. The van der Waals surface area contributed by atoms with Gasteiger partial charge in [0.15, 0.2) is 0 Å². The van der Waals surface area contributed by atoms with Crippen molar-refractivity contribution in [3.05, 3.63) is 42.2 Å². The molecule has 0 N–H and O–H groups in total. The maximum absolute atomic E-state index is 12.6. The third-order valence-corrected chi connectivity index (χ3v) is 4.91. The number of carbonyl (C=O) groups excluding carboxylic acids is 2. The summed E-state index contributed by atoms with van der Waals surface area (Å²) in [5.74, 6) is 0.345. The summed E-state index contributed by atoms with van der Waals surface area (Å²) in [4.78, 5) is 30.7. The van der Waals surface area contributed by atoms with E-state index in [2.05, 4.69) is 17.1 Å². The van der Waals surface area contributed by atoms with Gasteiger partial charge in [-0.3, -0.25) is 19.5 Å². The van der Waals surface area contributed by atoms with E-state index in [1.807, 2.05) is 12.1 Å². The van der Waals surface area contributed by atoms with Crippen LogP contribution in [0.3, 0.4) is 0 Å². The molecule has 4 unspecified atom stereocenters. The molecule has 4 atom stereocenters. The zero-order valence-electron chi connectivity index (χ0n) is 11.1. The standard InChI is InChI=1S/C16H16N2O2/c19-15-13-11-3-4-12(6-5-11)14(13)16(20)18(15)9-10-2-1-7-17-8-10/h1-4,7-8,11-14H,5-6,9H2. The summed E-state index contributed by atoms with van der Waals surface area (Å²) >= 11 is 0. The highest BCUT2D eigenvalue weighted by atomic mass is 16.2. The van der Waals surface area contributed by atoms with E-state index in [4.69, 9.17) is 0 Å². The highest BCUT2D eigenvalue weighted by Crippen LogP contribution is 2.49. The van der Waals surface area contributed by atoms with E-state index in [0.29, 0.717) is 6.54 Å². The minimum atomic E-state index is -0.108. The summed E-state index contributed by atoms with van der Waals surface area (Å²) < 4.78 is 0. The van der Waals surface area contributed by atoms with Crippen molar-refractivity contribution < 1.29 is 9.59 Å². The van der Waals surface area contributed by atoms with Crippen LogP contribution in [0, 0.1) is 23.7 Å². The van der Waals surface area contributed by atoms with Crippen LogP contribution >= 0.6 is 0 Å². The largest absolute Gasteiger partial charge is 0.278 e. The van der Waals surface area contributed by atoms with Crippen LogP contribution in [0.2, 0.25) is 0 Å². The molecule has 4 heteroatoms. The molecule has 1 aliphatic heterocycles. The van der Waals surface area contributed by atoms with Gasteiger partial charge < -0.3 is 0 Å². The van der Waals surface area contributed by atoms with E-state index >= 15 is 0 Å². The van der Waals surface area contributed by atoms with E-state index < -0.39 is 0 Å². The highest BCUT2D eigenvalue weighted by Gasteiger charge is 2.56. The maximum Gasteiger partial charge on any atom is 0.234 e. The molecule has 2 bridgehead atoms. The van der Waals surface area contributed by atoms with E-state index in [1.54, 1.807) is 12.4 Å². The van der Waals surface area contributed by atoms with Gasteiger partial charge in [-0.25, -0.2) is 0 Å². The number of rotatable bonds is 2. The van der Waals surface area contributed by atoms with Crippen molar-refractivity contribution in [2.45, 2.75) is 19.4 Å². The SMILES string of the molecule is O=C1C2C3C=CC(CC3)C2C(=O)N1Cc1cccnc1. The fourth-order valence-corrected chi connectivity index (χ4v) is 3.97. The summed E-state index contributed by atoms with van der Waals surface area (Å²) in [5.41, 5.74) is 0.910. The monoisotopic (exact) mass is 268 g/mol. The summed E-state index contributed by atoms with van der Waals surface area (Å²) in [7, 11) is 0. The van der Waals surface area contributed by atoms with Crippen LogP contribution in [-0.2, 0) is 16.1 Å². The van der Waals surface area contributed by atoms with Gasteiger partial charge in [0.25, 0.3) is 0 Å². The number of allylic oxidation sites excluding steroid dienone is 2. The lowest BCUT2D eigenvalue weighted by atomic mass is 9.63. The van der Waals surface area contributed by atoms with Crippen molar-refractivity contribution in [2.24, 2.45) is 23.7 Å². The van der Waals surface area contributed by atoms with Gasteiger partial charge in [-0.15, -0.1) is 0 Å². The molecule has 5 rings (SSSR count). The fourth-order valence-electron chi connectivity index (χ4n) is 3.97. The van der Waals surface area contributed by atoms with Crippen molar-refractivity contribution in [1.82, 2.24) is 9.88 Å². The van der Waals surface area contributed by atoms with Gasteiger partial charge >= 0.3 is 0 Å². The number of amides is 2. The molecule has 1 aromatic heterocycles. The molecule has 20 heavy (non-hydrogen) atoms. The van der Waals surface area contributed by atoms with Gasteiger partial charge in [0.2, 0.25) is 11.8 Å². The van der Waals surface area contributed by atoms with Gasteiger partial charge in [0.1, 0.15) is 0 Å². The smallest absolute Gasteiger partial charge is 0.234 e. The Hall–Kier alpha value is -1.97. The van der Waals surface area contributed by atoms with Crippen molar-refractivity contribution >= 4 is 11.8 Å². The second kappa shape index (κ2) is 4.27. The number of pyridine rings is 1. The molecule has 1 saturated heterocycles. The number of likely N-dealkylation sites (tertiary alicyclic amines) is 1. The molecule has 2 amide bonds. The molecule has 0 radical (unpaired) electrons. The van der Waals surface area contributed by atoms with Crippen LogP contribution in [0.4, 0.5) is 0 Å². The van der Waals surface area contributed by atoms with Crippen LogP contribution in [0.15, 0.2) is 36.7 Å². The van der Waals surface area contributed by atoms with E-state index in [1.165, 1.54) is 4.90 Å². The zero-order valence-corrected chi connectivity index (χ0v) is 11.1. The first-order valence-corrected chi connectivity index (χ1v) is 7.18. The molecular formula is C16H16N2O2. The number of carbonyl (C=O) groups is 2. The van der Waals surface area contributed by atoms with Gasteiger partial charge in [0, 0.05) is 12.4 Å². The third-order valence-electron chi connectivity index (χ3n) is 4.91. The molecule has 102 valence electrons. The van der Waals surface area contributed by atoms with Crippen molar-refractivity contribution in [3.8, 4) is 0 Å². The molecule has 4 nitrogen and oxygen atoms in total. The molecule has 2 heterocycles. The van der Waals surface area contributed by atoms with Crippen LogP contribution in [0.5, 0.6) is 0 Å². The normalized spacial score (nSPS) is 34.7. The lowest BCUT2D eigenvalue weighted by molar-refractivity contribution is -0.140. The number of hydrogen-bond acceptors (Lipinski definition) is 3. The Morgan fingerprint density at radius 1 is 1.10 bits per heavy atom. The van der Waals surface area contributed by atoms with Crippen molar-refractivity contribution in [3.63, 3.8) is 0 Å². The van der Waals surface area contributed by atoms with Crippen LogP contribution in [0.1, 0.15) is 18.4 Å². The zero-order chi connectivity index (χ0) is 13.7. The van der Waals surface area contributed by atoms with Crippen molar-refractivity contribution in [1.29, 1.82) is 0 Å². The first-order valence-electron chi connectivity index (χ1n) is 7.18. The first-order chi connectivity index (χ1) is 9.75.